The Hall–Kier alpha value is -2.31. The topological polar surface area (TPSA) is 61.8 Å². The molecule has 3 rings (SSSR count). The third-order valence-electron chi connectivity index (χ3n) is 3.40. The summed E-state index contributed by atoms with van der Waals surface area (Å²) in [5.74, 6) is -1.09. The summed E-state index contributed by atoms with van der Waals surface area (Å²) < 4.78 is 0. The van der Waals surface area contributed by atoms with Crippen molar-refractivity contribution >= 4 is 52.1 Å². The second-order valence-electron chi connectivity index (χ2n) is 5.02. The van der Waals surface area contributed by atoms with Crippen LogP contribution in [0.15, 0.2) is 53.6 Å². The van der Waals surface area contributed by atoms with Gasteiger partial charge in [-0.25, -0.2) is 4.99 Å². The normalized spacial score (nSPS) is 19.4. The maximum absolute atomic E-state index is 12.5. The fraction of sp³-hybridized carbons (Fsp3) is 0.125. The molecule has 1 aromatic carbocycles. The van der Waals surface area contributed by atoms with Crippen LogP contribution in [-0.4, -0.2) is 34.1 Å². The van der Waals surface area contributed by atoms with E-state index >= 15 is 0 Å². The molecular formula is C16H12ClN3O2S. The van der Waals surface area contributed by atoms with Crippen LogP contribution in [0.25, 0.3) is 0 Å². The Morgan fingerprint density at radius 1 is 1.39 bits per heavy atom. The Kier molecular flexibility index (Phi) is 4.36. The van der Waals surface area contributed by atoms with Gasteiger partial charge in [0.1, 0.15) is 6.54 Å². The predicted molar refractivity (Wildman–Crippen MR) is 93.6 cm³/mol. The second-order valence-corrected chi connectivity index (χ2v) is 5.83. The average molecular weight is 346 g/mol. The molecule has 1 N–H and O–H groups in total. The van der Waals surface area contributed by atoms with Crippen molar-refractivity contribution in [3.05, 3.63) is 53.6 Å². The Balaban J connectivity index is 1.72. The lowest BCUT2D eigenvalue weighted by atomic mass is 9.95. The number of anilines is 1. The summed E-state index contributed by atoms with van der Waals surface area (Å²) in [5.41, 5.74) is 1.16. The summed E-state index contributed by atoms with van der Waals surface area (Å²) in [6, 6.07) is 6.77. The number of fused-ring (bicyclic) bond motifs is 1. The minimum Gasteiger partial charge on any atom is -0.324 e. The van der Waals surface area contributed by atoms with Crippen molar-refractivity contribution in [2.45, 2.75) is 0 Å². The predicted octanol–water partition coefficient (Wildman–Crippen LogP) is 2.59. The molecule has 1 heterocycles. The van der Waals surface area contributed by atoms with E-state index in [0.29, 0.717) is 16.4 Å². The first-order valence-electron chi connectivity index (χ1n) is 6.89. The van der Waals surface area contributed by atoms with Crippen LogP contribution in [0, 0.1) is 5.92 Å². The van der Waals surface area contributed by atoms with Crippen molar-refractivity contribution in [1.82, 2.24) is 4.90 Å². The Labute approximate surface area is 143 Å². The summed E-state index contributed by atoms with van der Waals surface area (Å²) in [5, 5.41) is 3.30. The molecule has 0 saturated heterocycles. The first-order chi connectivity index (χ1) is 11.0. The second kappa shape index (κ2) is 6.44. The Morgan fingerprint density at radius 3 is 3.00 bits per heavy atom. The SMILES string of the molecule is O=C(CN1C(=O)C2C=CC=CC2=NC1=S)Nc1cccc(Cl)c1. The average Bonchev–Trinajstić information content (AvgIpc) is 2.51. The zero-order valence-corrected chi connectivity index (χ0v) is 13.5. The zero-order valence-electron chi connectivity index (χ0n) is 11.9. The Bertz CT molecular complexity index is 785. The van der Waals surface area contributed by atoms with Crippen LogP contribution in [0.1, 0.15) is 0 Å². The number of hydrogen-bond donors (Lipinski definition) is 1. The third-order valence-corrected chi connectivity index (χ3v) is 3.94. The van der Waals surface area contributed by atoms with E-state index in [1.165, 1.54) is 4.90 Å². The monoisotopic (exact) mass is 345 g/mol. The van der Waals surface area contributed by atoms with Gasteiger partial charge in [-0.1, -0.05) is 35.9 Å². The van der Waals surface area contributed by atoms with E-state index in [1.807, 2.05) is 0 Å². The molecule has 1 atom stereocenters. The van der Waals surface area contributed by atoms with Crippen LogP contribution >= 0.6 is 23.8 Å². The lowest BCUT2D eigenvalue weighted by Crippen LogP contribution is -2.48. The Morgan fingerprint density at radius 2 is 2.22 bits per heavy atom. The minimum absolute atomic E-state index is 0.0995. The van der Waals surface area contributed by atoms with Crippen molar-refractivity contribution in [1.29, 1.82) is 0 Å². The van der Waals surface area contributed by atoms with Gasteiger partial charge in [-0.2, -0.15) is 0 Å². The van der Waals surface area contributed by atoms with Crippen LogP contribution in [0.5, 0.6) is 0 Å². The van der Waals surface area contributed by atoms with E-state index in [0.717, 1.165) is 0 Å². The number of nitrogens with one attached hydrogen (secondary N) is 1. The molecule has 0 spiro atoms. The number of amides is 2. The lowest BCUT2D eigenvalue weighted by molar-refractivity contribution is -0.131. The summed E-state index contributed by atoms with van der Waals surface area (Å²) >= 11 is 11.0. The molecule has 0 radical (unpaired) electrons. The summed E-state index contributed by atoms with van der Waals surface area (Å²) in [4.78, 5) is 30.1. The van der Waals surface area contributed by atoms with E-state index in [4.69, 9.17) is 23.8 Å². The van der Waals surface area contributed by atoms with Crippen LogP contribution in [0.2, 0.25) is 5.02 Å². The number of halogens is 1. The fourth-order valence-electron chi connectivity index (χ4n) is 2.34. The molecule has 2 amide bonds. The quantitative estimate of drug-likeness (QED) is 0.856. The maximum Gasteiger partial charge on any atom is 0.244 e. The molecule has 1 unspecified atom stereocenters. The molecule has 0 bridgehead atoms. The van der Waals surface area contributed by atoms with Gasteiger partial charge in [-0.15, -0.1) is 0 Å². The zero-order chi connectivity index (χ0) is 16.4. The van der Waals surface area contributed by atoms with Crippen molar-refractivity contribution in [2.75, 3.05) is 11.9 Å². The number of hydrogen-bond acceptors (Lipinski definition) is 3. The number of carbonyl (C=O) groups is 2. The molecule has 2 aliphatic rings. The van der Waals surface area contributed by atoms with Gasteiger partial charge in [-0.3, -0.25) is 14.5 Å². The van der Waals surface area contributed by atoms with Crippen molar-refractivity contribution in [2.24, 2.45) is 10.9 Å². The van der Waals surface area contributed by atoms with Crippen LogP contribution < -0.4 is 5.32 Å². The van der Waals surface area contributed by atoms with Gasteiger partial charge < -0.3 is 5.32 Å². The molecule has 1 aliphatic carbocycles. The molecule has 1 aliphatic heterocycles. The lowest BCUT2D eigenvalue weighted by Gasteiger charge is -2.29. The first-order valence-corrected chi connectivity index (χ1v) is 7.67. The molecule has 5 nitrogen and oxygen atoms in total. The number of rotatable bonds is 3. The van der Waals surface area contributed by atoms with E-state index in [2.05, 4.69) is 10.3 Å². The highest BCUT2D eigenvalue weighted by molar-refractivity contribution is 7.80. The number of carbonyl (C=O) groups excluding carboxylic acids is 2. The van der Waals surface area contributed by atoms with Gasteiger partial charge in [0.2, 0.25) is 16.9 Å². The fourth-order valence-corrected chi connectivity index (χ4v) is 2.79. The van der Waals surface area contributed by atoms with Crippen LogP contribution in [0.4, 0.5) is 5.69 Å². The summed E-state index contributed by atoms with van der Waals surface area (Å²) in [7, 11) is 0. The summed E-state index contributed by atoms with van der Waals surface area (Å²) in [6.07, 6.45) is 7.07. The number of aliphatic imine (C=N–C) groups is 1. The molecule has 0 saturated carbocycles. The number of thiocarbonyl (C=S) groups is 1. The minimum atomic E-state index is -0.481. The van der Waals surface area contributed by atoms with Gasteiger partial charge >= 0.3 is 0 Å². The summed E-state index contributed by atoms with van der Waals surface area (Å²) in [6.45, 7) is -0.186. The van der Waals surface area contributed by atoms with Gasteiger partial charge in [0.05, 0.1) is 11.6 Å². The third kappa shape index (κ3) is 3.38. The van der Waals surface area contributed by atoms with Crippen molar-refractivity contribution in [3.8, 4) is 0 Å². The molecule has 1 aromatic rings. The molecule has 0 aromatic heterocycles. The standard InChI is InChI=1S/C16H12ClN3O2S/c17-10-4-3-5-11(8-10)18-14(21)9-20-15(22)12-6-1-2-7-13(12)19-16(20)23/h1-8,12H,9H2,(H,18,21). The highest BCUT2D eigenvalue weighted by Gasteiger charge is 2.34. The van der Waals surface area contributed by atoms with Crippen molar-refractivity contribution < 1.29 is 9.59 Å². The highest BCUT2D eigenvalue weighted by Crippen LogP contribution is 2.20. The van der Waals surface area contributed by atoms with E-state index in [1.54, 1.807) is 48.6 Å². The molecular weight excluding hydrogens is 334 g/mol. The van der Waals surface area contributed by atoms with Gasteiger partial charge in [-0.05, 0) is 36.5 Å². The van der Waals surface area contributed by atoms with Crippen LogP contribution in [-0.2, 0) is 9.59 Å². The highest BCUT2D eigenvalue weighted by atomic mass is 35.5. The first kappa shape index (κ1) is 15.6. The van der Waals surface area contributed by atoms with E-state index < -0.39 is 5.92 Å². The number of nitrogens with zero attached hydrogens (tertiary/aromatic N) is 2. The van der Waals surface area contributed by atoms with E-state index in [-0.39, 0.29) is 23.5 Å². The van der Waals surface area contributed by atoms with Crippen LogP contribution in [0.3, 0.4) is 0 Å². The largest absolute Gasteiger partial charge is 0.324 e. The molecule has 116 valence electrons. The van der Waals surface area contributed by atoms with Gasteiger partial charge in [0.15, 0.2) is 0 Å². The maximum atomic E-state index is 12.5. The molecule has 23 heavy (non-hydrogen) atoms. The number of allylic oxidation sites excluding steroid dienone is 3. The van der Waals surface area contributed by atoms with E-state index in [9.17, 15) is 9.59 Å². The van der Waals surface area contributed by atoms with Crippen molar-refractivity contribution in [3.63, 3.8) is 0 Å². The van der Waals surface area contributed by atoms with Gasteiger partial charge in [0.25, 0.3) is 0 Å². The van der Waals surface area contributed by atoms with Gasteiger partial charge in [0, 0.05) is 10.7 Å². The smallest absolute Gasteiger partial charge is 0.244 e. The molecule has 7 heteroatoms. The molecule has 0 fully saturated rings. The number of benzene rings is 1.